The second-order valence-electron chi connectivity index (χ2n) is 10.5. The minimum Gasteiger partial charge on any atom is -0.349 e. The minimum absolute atomic E-state index is 0.187. The molecule has 0 bridgehead atoms. The van der Waals surface area contributed by atoms with Crippen LogP contribution in [0.5, 0.6) is 0 Å². The largest absolute Gasteiger partial charge is 0.349 e. The van der Waals surface area contributed by atoms with Gasteiger partial charge in [0.1, 0.15) is 17.5 Å². The number of rotatable bonds is 7. The van der Waals surface area contributed by atoms with Crippen molar-refractivity contribution in [1.82, 2.24) is 34.3 Å². The summed E-state index contributed by atoms with van der Waals surface area (Å²) in [4.78, 5) is 42.8. The van der Waals surface area contributed by atoms with Crippen LogP contribution < -0.4 is 15.5 Å². The first-order chi connectivity index (χ1) is 19.2. The summed E-state index contributed by atoms with van der Waals surface area (Å²) in [6, 6.07) is 11.3. The fraction of sp³-hybridized carbons (Fsp3) is 0.345. The zero-order valence-electron chi connectivity index (χ0n) is 23.5. The van der Waals surface area contributed by atoms with Crippen molar-refractivity contribution < 1.29 is 9.59 Å². The summed E-state index contributed by atoms with van der Waals surface area (Å²) >= 11 is 0. The summed E-state index contributed by atoms with van der Waals surface area (Å²) in [6.07, 6.45) is 5.53. The maximum atomic E-state index is 13.4. The first-order valence-corrected chi connectivity index (χ1v) is 13.3. The number of fused-ring (bicyclic) bond motifs is 1. The van der Waals surface area contributed by atoms with E-state index in [-0.39, 0.29) is 17.9 Å². The summed E-state index contributed by atoms with van der Waals surface area (Å²) in [5.41, 5.74) is 3.91. The van der Waals surface area contributed by atoms with Crippen LogP contribution in [-0.2, 0) is 26.7 Å². The molecule has 0 unspecified atom stereocenters. The van der Waals surface area contributed by atoms with Crippen molar-refractivity contribution in [2.75, 3.05) is 30.9 Å². The molecule has 11 heteroatoms. The lowest BCUT2D eigenvalue weighted by atomic mass is 10.2. The monoisotopic (exact) mass is 541 g/mol. The van der Waals surface area contributed by atoms with Crippen molar-refractivity contribution in [2.45, 2.75) is 39.4 Å². The number of aromatic nitrogens is 5. The number of nitrogens with one attached hydrogen (secondary N) is 2. The van der Waals surface area contributed by atoms with E-state index in [0.717, 1.165) is 47.4 Å². The van der Waals surface area contributed by atoms with Crippen LogP contribution in [0.3, 0.4) is 0 Å². The third-order valence-electron chi connectivity index (χ3n) is 6.98. The SMILES string of the molecule is CC(C)c1nc(C(=O)NCc2ccc(NC(=O)N(C)C)cc2)c2n1CCN(c1ccc(-c3nccn3C)cn1)C2. The number of carbonyl (C=O) groups excluding carboxylic acids is 2. The average Bonchev–Trinajstić information content (AvgIpc) is 3.56. The minimum atomic E-state index is -0.208. The van der Waals surface area contributed by atoms with Gasteiger partial charge in [0.05, 0.1) is 12.2 Å². The molecule has 1 aliphatic heterocycles. The van der Waals surface area contributed by atoms with Crippen LogP contribution in [-0.4, -0.2) is 61.6 Å². The third kappa shape index (κ3) is 5.54. The van der Waals surface area contributed by atoms with Crippen molar-refractivity contribution in [3.63, 3.8) is 0 Å². The van der Waals surface area contributed by atoms with Gasteiger partial charge in [-0.1, -0.05) is 26.0 Å². The number of imidazole rings is 2. The standard InChI is InChI=1S/C29H35N9O2/c1-19(2)26-34-25(28(39)32-16-20-6-9-22(10-7-20)33-29(40)35(3)4)23-18-37(14-15-38(23)26)24-11-8-21(17-31-24)27-30-12-13-36(27)5/h6-13,17,19H,14-16,18H2,1-5H3,(H,32,39)(H,33,40). The second kappa shape index (κ2) is 11.2. The van der Waals surface area contributed by atoms with Crippen LogP contribution >= 0.6 is 0 Å². The molecule has 2 N–H and O–H groups in total. The molecular formula is C29H35N9O2. The fourth-order valence-electron chi connectivity index (χ4n) is 4.77. The Balaban J connectivity index is 1.30. The molecule has 0 atom stereocenters. The van der Waals surface area contributed by atoms with Crippen molar-refractivity contribution in [2.24, 2.45) is 7.05 Å². The number of anilines is 2. The quantitative estimate of drug-likeness (QED) is 0.368. The molecule has 0 spiro atoms. The topological polar surface area (TPSA) is 113 Å². The van der Waals surface area contributed by atoms with Gasteiger partial charge in [-0.2, -0.15) is 0 Å². The summed E-state index contributed by atoms with van der Waals surface area (Å²) in [7, 11) is 5.34. The second-order valence-corrected chi connectivity index (χ2v) is 10.5. The Kier molecular flexibility index (Phi) is 7.54. The molecular weight excluding hydrogens is 506 g/mol. The molecule has 3 amide bonds. The highest BCUT2D eigenvalue weighted by Gasteiger charge is 2.29. The van der Waals surface area contributed by atoms with Crippen molar-refractivity contribution >= 4 is 23.4 Å². The smallest absolute Gasteiger partial charge is 0.321 e. The van der Waals surface area contributed by atoms with Crippen LogP contribution in [0, 0.1) is 0 Å². The van der Waals surface area contributed by atoms with Gasteiger partial charge in [-0.15, -0.1) is 0 Å². The van der Waals surface area contributed by atoms with Gasteiger partial charge >= 0.3 is 6.03 Å². The Morgan fingerprint density at radius 1 is 1.05 bits per heavy atom. The lowest BCUT2D eigenvalue weighted by Gasteiger charge is -2.30. The highest BCUT2D eigenvalue weighted by Crippen LogP contribution is 2.27. The van der Waals surface area contributed by atoms with Gasteiger partial charge in [0, 0.05) is 76.5 Å². The first-order valence-electron chi connectivity index (χ1n) is 13.3. The molecule has 3 aromatic heterocycles. The van der Waals surface area contributed by atoms with E-state index in [1.165, 1.54) is 4.90 Å². The van der Waals surface area contributed by atoms with Gasteiger partial charge in [-0.05, 0) is 29.8 Å². The molecule has 0 radical (unpaired) electrons. The summed E-state index contributed by atoms with van der Waals surface area (Å²) < 4.78 is 4.15. The van der Waals surface area contributed by atoms with Gasteiger partial charge in [0.15, 0.2) is 5.69 Å². The number of benzene rings is 1. The van der Waals surface area contributed by atoms with E-state index in [1.54, 1.807) is 20.3 Å². The van der Waals surface area contributed by atoms with Gasteiger partial charge in [0.25, 0.3) is 5.91 Å². The molecule has 5 rings (SSSR count). The molecule has 40 heavy (non-hydrogen) atoms. The van der Waals surface area contributed by atoms with E-state index in [9.17, 15) is 9.59 Å². The number of carbonyl (C=O) groups is 2. The molecule has 208 valence electrons. The first kappa shape index (κ1) is 26.9. The predicted molar refractivity (Wildman–Crippen MR) is 154 cm³/mol. The van der Waals surface area contributed by atoms with E-state index in [1.807, 2.05) is 60.4 Å². The highest BCUT2D eigenvalue weighted by molar-refractivity contribution is 5.94. The van der Waals surface area contributed by atoms with Crippen molar-refractivity contribution in [3.05, 3.63) is 77.8 Å². The predicted octanol–water partition coefficient (Wildman–Crippen LogP) is 3.85. The Morgan fingerprint density at radius 3 is 2.45 bits per heavy atom. The van der Waals surface area contributed by atoms with Crippen molar-refractivity contribution in [3.8, 4) is 11.4 Å². The molecule has 4 heterocycles. The Morgan fingerprint density at radius 2 is 1.82 bits per heavy atom. The van der Waals surface area contributed by atoms with Crippen LogP contribution in [0.25, 0.3) is 11.4 Å². The number of hydrogen-bond donors (Lipinski definition) is 2. The lowest BCUT2D eigenvalue weighted by Crippen LogP contribution is -2.36. The molecule has 4 aromatic rings. The number of hydrogen-bond acceptors (Lipinski definition) is 6. The van der Waals surface area contributed by atoms with E-state index in [2.05, 4.69) is 38.9 Å². The Hall–Kier alpha value is -4.67. The summed E-state index contributed by atoms with van der Waals surface area (Å²) in [5.74, 6) is 2.61. The molecule has 1 aromatic carbocycles. The maximum Gasteiger partial charge on any atom is 0.321 e. The number of amides is 3. The zero-order valence-corrected chi connectivity index (χ0v) is 23.5. The lowest BCUT2D eigenvalue weighted by molar-refractivity contribution is 0.0945. The maximum absolute atomic E-state index is 13.4. The van der Waals surface area contributed by atoms with E-state index >= 15 is 0 Å². The molecule has 1 aliphatic rings. The van der Waals surface area contributed by atoms with E-state index in [4.69, 9.17) is 9.97 Å². The van der Waals surface area contributed by atoms with Crippen molar-refractivity contribution in [1.29, 1.82) is 0 Å². The number of pyridine rings is 1. The highest BCUT2D eigenvalue weighted by atomic mass is 16.2. The van der Waals surface area contributed by atoms with Crippen LogP contribution in [0.4, 0.5) is 16.3 Å². The van der Waals surface area contributed by atoms with E-state index in [0.29, 0.717) is 24.5 Å². The number of aryl methyl sites for hydroxylation is 1. The molecule has 0 saturated heterocycles. The molecule has 11 nitrogen and oxygen atoms in total. The van der Waals surface area contributed by atoms with Gasteiger partial charge in [-0.3, -0.25) is 4.79 Å². The molecule has 0 saturated carbocycles. The van der Waals surface area contributed by atoms with Gasteiger partial charge in [-0.25, -0.2) is 19.7 Å². The summed E-state index contributed by atoms with van der Waals surface area (Å²) in [5, 5.41) is 5.84. The Labute approximate surface area is 233 Å². The fourth-order valence-corrected chi connectivity index (χ4v) is 4.77. The average molecular weight is 542 g/mol. The van der Waals surface area contributed by atoms with Crippen LogP contribution in [0.15, 0.2) is 55.0 Å². The zero-order chi connectivity index (χ0) is 28.4. The normalized spacial score (nSPS) is 12.8. The third-order valence-corrected chi connectivity index (χ3v) is 6.98. The molecule has 0 aliphatic carbocycles. The Bertz CT molecular complexity index is 1500. The molecule has 0 fully saturated rings. The van der Waals surface area contributed by atoms with E-state index < -0.39 is 0 Å². The van der Waals surface area contributed by atoms with Crippen LogP contribution in [0.1, 0.15) is 47.3 Å². The van der Waals surface area contributed by atoms with Crippen LogP contribution in [0.2, 0.25) is 0 Å². The number of urea groups is 1. The van der Waals surface area contributed by atoms with Gasteiger partial charge < -0.3 is 29.6 Å². The number of nitrogens with zero attached hydrogens (tertiary/aromatic N) is 7. The van der Waals surface area contributed by atoms with Gasteiger partial charge in [0.2, 0.25) is 0 Å². The summed E-state index contributed by atoms with van der Waals surface area (Å²) in [6.45, 7) is 6.58.